The van der Waals surface area contributed by atoms with Gasteiger partial charge in [-0.3, -0.25) is 19.3 Å². The van der Waals surface area contributed by atoms with Crippen molar-refractivity contribution in [3.63, 3.8) is 0 Å². The third-order valence-corrected chi connectivity index (χ3v) is 6.03. The van der Waals surface area contributed by atoms with Gasteiger partial charge in [-0.05, 0) is 48.7 Å². The van der Waals surface area contributed by atoms with E-state index in [1.165, 1.54) is 29.4 Å². The van der Waals surface area contributed by atoms with Crippen LogP contribution in [0.15, 0.2) is 71.3 Å². The van der Waals surface area contributed by atoms with E-state index < -0.39 is 36.1 Å². The minimum absolute atomic E-state index is 0.0353. The number of ether oxygens (including phenoxy) is 1. The minimum Gasteiger partial charge on any atom is -0.459 e. The number of carbonyl (C=O) groups excluding carboxylic acids is 3. The van der Waals surface area contributed by atoms with Crippen LogP contribution in [0.1, 0.15) is 35.0 Å². The summed E-state index contributed by atoms with van der Waals surface area (Å²) in [6.07, 6.45) is 2.97. The number of rotatable bonds is 9. The molecule has 188 valence electrons. The average molecular weight is 514 g/mol. The summed E-state index contributed by atoms with van der Waals surface area (Å²) in [5.41, 5.74) is 0.716. The third-order valence-electron chi connectivity index (χ3n) is 5.74. The van der Waals surface area contributed by atoms with Crippen LogP contribution < -0.4 is 15.5 Å². The number of hydrogen-bond donors (Lipinski definition) is 2. The van der Waals surface area contributed by atoms with E-state index in [0.717, 1.165) is 18.9 Å². The fraction of sp³-hybridized carbons (Fsp3) is 0.269. The van der Waals surface area contributed by atoms with Crippen LogP contribution in [-0.4, -0.2) is 43.5 Å². The number of carbonyl (C=O) groups is 3. The highest BCUT2D eigenvalue weighted by molar-refractivity contribution is 6.31. The first-order chi connectivity index (χ1) is 17.4. The first kappa shape index (κ1) is 25.4. The lowest BCUT2D eigenvalue weighted by Crippen LogP contribution is -2.48. The summed E-state index contributed by atoms with van der Waals surface area (Å²) in [5, 5.41) is 5.16. The number of nitrogens with one attached hydrogen (secondary N) is 2. The number of nitrogens with zero attached hydrogens (tertiary/aromatic N) is 1. The van der Waals surface area contributed by atoms with E-state index >= 15 is 0 Å². The Balaban J connectivity index is 1.65. The van der Waals surface area contributed by atoms with Crippen LogP contribution in [0.3, 0.4) is 0 Å². The van der Waals surface area contributed by atoms with E-state index in [2.05, 4.69) is 10.6 Å². The van der Waals surface area contributed by atoms with Crippen LogP contribution in [-0.2, 0) is 14.3 Å². The lowest BCUT2D eigenvalue weighted by Gasteiger charge is -2.32. The Bertz CT molecular complexity index is 1200. The number of furan rings is 1. The van der Waals surface area contributed by atoms with Crippen LogP contribution in [0.4, 0.5) is 10.1 Å². The van der Waals surface area contributed by atoms with Crippen molar-refractivity contribution in [3.8, 4) is 0 Å². The van der Waals surface area contributed by atoms with Gasteiger partial charge in [0.2, 0.25) is 11.8 Å². The molecule has 1 fully saturated rings. The molecule has 0 radical (unpaired) electrons. The van der Waals surface area contributed by atoms with Gasteiger partial charge in [-0.15, -0.1) is 0 Å². The highest BCUT2D eigenvalue weighted by atomic mass is 35.5. The van der Waals surface area contributed by atoms with Crippen LogP contribution in [0.25, 0.3) is 0 Å². The molecule has 0 spiro atoms. The molecule has 0 bridgehead atoms. The van der Waals surface area contributed by atoms with Crippen molar-refractivity contribution in [1.29, 1.82) is 0 Å². The summed E-state index contributed by atoms with van der Waals surface area (Å²) >= 11 is 6.02. The van der Waals surface area contributed by atoms with E-state index in [-0.39, 0.29) is 29.1 Å². The first-order valence-electron chi connectivity index (χ1n) is 11.5. The molecule has 2 atom stereocenters. The second-order valence-electron chi connectivity index (χ2n) is 8.22. The lowest BCUT2D eigenvalue weighted by atomic mass is 10.0. The molecule has 1 aromatic heterocycles. The first-order valence-corrected chi connectivity index (χ1v) is 11.8. The second kappa shape index (κ2) is 11.8. The Hall–Kier alpha value is -3.69. The molecule has 2 N–H and O–H groups in total. The molecule has 0 unspecified atom stereocenters. The predicted octanol–water partition coefficient (Wildman–Crippen LogP) is 3.87. The molecule has 36 heavy (non-hydrogen) atoms. The van der Waals surface area contributed by atoms with Crippen molar-refractivity contribution in [2.24, 2.45) is 0 Å². The van der Waals surface area contributed by atoms with Gasteiger partial charge in [0.05, 0.1) is 23.9 Å². The third kappa shape index (κ3) is 6.10. The SMILES string of the molecule is O=C(NCC(=O)N(c1ccc(F)c(Cl)c1)[C@H](C(=O)NC[C@@H]1CCCO1)c1ccccc1)c1ccco1. The molecule has 0 saturated carbocycles. The molecule has 2 heterocycles. The molecule has 2 aromatic carbocycles. The highest BCUT2D eigenvalue weighted by Gasteiger charge is 2.34. The van der Waals surface area contributed by atoms with Gasteiger partial charge >= 0.3 is 0 Å². The summed E-state index contributed by atoms with van der Waals surface area (Å²) in [5.74, 6) is -2.29. The highest BCUT2D eigenvalue weighted by Crippen LogP contribution is 2.31. The maximum Gasteiger partial charge on any atom is 0.287 e. The Labute approximate surface area is 212 Å². The van der Waals surface area contributed by atoms with Crippen LogP contribution in [0.2, 0.25) is 5.02 Å². The molecule has 3 amide bonds. The minimum atomic E-state index is -1.12. The molecule has 1 aliphatic rings. The van der Waals surface area contributed by atoms with Crippen molar-refractivity contribution in [3.05, 3.63) is 89.1 Å². The van der Waals surface area contributed by atoms with E-state index in [1.54, 1.807) is 36.4 Å². The van der Waals surface area contributed by atoms with Crippen molar-refractivity contribution < 1.29 is 27.9 Å². The van der Waals surface area contributed by atoms with Crippen molar-refractivity contribution in [1.82, 2.24) is 10.6 Å². The van der Waals surface area contributed by atoms with Gasteiger partial charge in [0.25, 0.3) is 5.91 Å². The normalized spacial score (nSPS) is 15.8. The van der Waals surface area contributed by atoms with Crippen LogP contribution in [0, 0.1) is 5.82 Å². The van der Waals surface area contributed by atoms with Gasteiger partial charge in [-0.25, -0.2) is 4.39 Å². The monoisotopic (exact) mass is 513 g/mol. The molecule has 10 heteroatoms. The molecule has 0 aliphatic carbocycles. The Morgan fingerprint density at radius 2 is 1.89 bits per heavy atom. The van der Waals surface area contributed by atoms with Gasteiger partial charge < -0.3 is 19.8 Å². The van der Waals surface area contributed by atoms with Gasteiger partial charge in [0.1, 0.15) is 11.9 Å². The van der Waals surface area contributed by atoms with E-state index in [9.17, 15) is 18.8 Å². The summed E-state index contributed by atoms with van der Waals surface area (Å²) < 4.78 is 24.6. The second-order valence-corrected chi connectivity index (χ2v) is 8.62. The predicted molar refractivity (Wildman–Crippen MR) is 131 cm³/mol. The van der Waals surface area contributed by atoms with Crippen molar-refractivity contribution >= 4 is 35.0 Å². The Kier molecular flexibility index (Phi) is 8.35. The largest absolute Gasteiger partial charge is 0.459 e. The summed E-state index contributed by atoms with van der Waals surface area (Å²) in [4.78, 5) is 40.6. The van der Waals surface area contributed by atoms with Crippen molar-refractivity contribution in [2.45, 2.75) is 25.0 Å². The summed E-state index contributed by atoms with van der Waals surface area (Å²) in [6, 6.07) is 14.3. The van der Waals surface area contributed by atoms with Gasteiger partial charge in [0, 0.05) is 18.8 Å². The van der Waals surface area contributed by atoms with Gasteiger partial charge in [-0.2, -0.15) is 0 Å². The van der Waals surface area contributed by atoms with Crippen LogP contribution >= 0.6 is 11.6 Å². The van der Waals surface area contributed by atoms with Gasteiger partial charge in [0.15, 0.2) is 5.76 Å². The molecule has 1 aliphatic heterocycles. The van der Waals surface area contributed by atoms with E-state index in [1.807, 2.05) is 0 Å². The Morgan fingerprint density at radius 1 is 1.08 bits per heavy atom. The maximum atomic E-state index is 14.0. The maximum absolute atomic E-state index is 14.0. The zero-order valence-electron chi connectivity index (χ0n) is 19.3. The Morgan fingerprint density at radius 3 is 2.56 bits per heavy atom. The fourth-order valence-corrected chi connectivity index (χ4v) is 4.15. The van der Waals surface area contributed by atoms with E-state index in [4.69, 9.17) is 20.8 Å². The standard InChI is InChI=1S/C26H25ClFN3O5/c27-20-14-18(10-11-21(20)28)31(23(32)16-30-25(33)22-9-5-13-36-22)24(17-6-2-1-3-7-17)26(34)29-15-19-8-4-12-35-19/h1-3,5-7,9-11,13-14,19,24H,4,8,12,15-16H2,(H,29,34)(H,30,33)/t19-,24-/m0/s1. The fourth-order valence-electron chi connectivity index (χ4n) is 3.98. The molecule has 4 rings (SSSR count). The summed E-state index contributed by atoms with van der Waals surface area (Å²) in [6.45, 7) is 0.469. The topological polar surface area (TPSA) is 101 Å². The van der Waals surface area contributed by atoms with E-state index in [0.29, 0.717) is 12.2 Å². The quantitative estimate of drug-likeness (QED) is 0.452. The lowest BCUT2D eigenvalue weighted by molar-refractivity contribution is -0.126. The zero-order valence-corrected chi connectivity index (χ0v) is 20.0. The number of halogens is 2. The zero-order chi connectivity index (χ0) is 25.5. The molecule has 3 aromatic rings. The van der Waals surface area contributed by atoms with Crippen molar-refractivity contribution in [2.75, 3.05) is 24.6 Å². The molecular weight excluding hydrogens is 489 g/mol. The van der Waals surface area contributed by atoms with Gasteiger partial charge in [-0.1, -0.05) is 41.9 Å². The average Bonchev–Trinajstić information content (AvgIpc) is 3.61. The number of anilines is 1. The molecular formula is C26H25ClFN3O5. The number of hydrogen-bond acceptors (Lipinski definition) is 5. The smallest absolute Gasteiger partial charge is 0.287 e. The number of benzene rings is 2. The van der Waals surface area contributed by atoms with Crippen LogP contribution in [0.5, 0.6) is 0 Å². The number of amides is 3. The molecule has 8 nitrogen and oxygen atoms in total. The summed E-state index contributed by atoms with van der Waals surface area (Å²) in [7, 11) is 0. The molecule has 1 saturated heterocycles.